The normalized spacial score (nSPS) is 17.6. The molecular weight excluding hydrogens is 224 g/mol. The van der Waals surface area contributed by atoms with Gasteiger partial charge in [-0.25, -0.2) is 0 Å². The molecule has 0 bridgehead atoms. The minimum atomic E-state index is 0.0981. The van der Waals surface area contributed by atoms with E-state index < -0.39 is 0 Å². The molecule has 1 fully saturated rings. The fraction of sp³-hybridized carbons (Fsp3) is 0.533. The Balaban J connectivity index is 1.81. The highest BCUT2D eigenvalue weighted by molar-refractivity contribution is 5.78. The summed E-state index contributed by atoms with van der Waals surface area (Å²) in [6, 6.07) is 9.84. The Labute approximate surface area is 109 Å². The van der Waals surface area contributed by atoms with E-state index in [1.54, 1.807) is 0 Å². The van der Waals surface area contributed by atoms with Crippen LogP contribution >= 0.6 is 0 Å². The maximum absolute atomic E-state index is 11.9. The molecule has 0 unspecified atom stereocenters. The largest absolute Gasteiger partial charge is 0.355 e. The molecule has 0 aliphatic heterocycles. The van der Waals surface area contributed by atoms with Crippen molar-refractivity contribution < 1.29 is 4.79 Å². The lowest BCUT2D eigenvalue weighted by atomic mass is 9.86. The lowest BCUT2D eigenvalue weighted by Gasteiger charge is -2.27. The average molecular weight is 246 g/mol. The van der Waals surface area contributed by atoms with Crippen LogP contribution in [-0.2, 0) is 11.2 Å². The number of benzene rings is 1. The van der Waals surface area contributed by atoms with Gasteiger partial charge in [0.05, 0.1) is 6.42 Å². The first kappa shape index (κ1) is 13.1. The van der Waals surface area contributed by atoms with Gasteiger partial charge >= 0.3 is 0 Å². The van der Waals surface area contributed by atoms with Gasteiger partial charge in [-0.3, -0.25) is 4.79 Å². The highest BCUT2D eigenvalue weighted by Gasteiger charge is 2.32. The molecule has 1 aliphatic carbocycles. The Morgan fingerprint density at radius 2 is 1.89 bits per heavy atom. The molecule has 1 aromatic rings. The topological polar surface area (TPSA) is 55.1 Å². The first-order valence-electron chi connectivity index (χ1n) is 6.75. The van der Waals surface area contributed by atoms with Crippen molar-refractivity contribution >= 4 is 5.91 Å². The van der Waals surface area contributed by atoms with E-state index >= 15 is 0 Å². The van der Waals surface area contributed by atoms with E-state index in [1.165, 1.54) is 12.8 Å². The van der Waals surface area contributed by atoms with Crippen molar-refractivity contribution in [3.05, 3.63) is 35.9 Å². The van der Waals surface area contributed by atoms with Gasteiger partial charge in [0.25, 0.3) is 0 Å². The maximum atomic E-state index is 11.9. The lowest BCUT2D eigenvalue weighted by Crippen LogP contribution is -2.41. The van der Waals surface area contributed by atoms with Crippen LogP contribution in [0.5, 0.6) is 0 Å². The summed E-state index contributed by atoms with van der Waals surface area (Å²) in [4.78, 5) is 11.9. The summed E-state index contributed by atoms with van der Waals surface area (Å²) in [6.07, 6.45) is 5.24. The van der Waals surface area contributed by atoms with Crippen LogP contribution in [-0.4, -0.2) is 19.0 Å². The van der Waals surface area contributed by atoms with E-state index in [1.807, 2.05) is 30.3 Å². The summed E-state index contributed by atoms with van der Waals surface area (Å²) >= 11 is 0. The Hall–Kier alpha value is -1.35. The molecule has 18 heavy (non-hydrogen) atoms. The third kappa shape index (κ3) is 3.33. The summed E-state index contributed by atoms with van der Waals surface area (Å²) in [5.74, 6) is 0.0981. The number of nitrogens with two attached hydrogens (primary N) is 1. The van der Waals surface area contributed by atoms with Crippen LogP contribution in [0.3, 0.4) is 0 Å². The second-order valence-electron chi connectivity index (χ2n) is 5.35. The van der Waals surface area contributed by atoms with Crippen LogP contribution in [0.4, 0.5) is 0 Å². The first-order chi connectivity index (χ1) is 8.74. The van der Waals surface area contributed by atoms with E-state index in [0.29, 0.717) is 13.0 Å². The van der Waals surface area contributed by atoms with Crippen LogP contribution in [0.1, 0.15) is 31.2 Å². The standard InChI is InChI=1S/C15H22N2O/c16-11-15(8-4-5-9-15)12-17-14(18)10-13-6-2-1-3-7-13/h1-3,6-7H,4-5,8-12,16H2,(H,17,18). The van der Waals surface area contributed by atoms with Crippen molar-refractivity contribution in [2.24, 2.45) is 11.1 Å². The zero-order chi connectivity index (χ0) is 12.8. The molecule has 2 rings (SSSR count). The first-order valence-corrected chi connectivity index (χ1v) is 6.75. The molecular formula is C15H22N2O. The molecule has 98 valence electrons. The Bertz CT molecular complexity index is 383. The van der Waals surface area contributed by atoms with E-state index in [4.69, 9.17) is 5.73 Å². The summed E-state index contributed by atoms with van der Waals surface area (Å²) in [5, 5.41) is 3.05. The zero-order valence-corrected chi connectivity index (χ0v) is 10.8. The highest BCUT2D eigenvalue weighted by Crippen LogP contribution is 2.36. The number of hydrogen-bond donors (Lipinski definition) is 2. The molecule has 0 spiro atoms. The van der Waals surface area contributed by atoms with Crippen LogP contribution in [0.2, 0.25) is 0 Å². The highest BCUT2D eigenvalue weighted by atomic mass is 16.1. The Morgan fingerprint density at radius 1 is 1.22 bits per heavy atom. The van der Waals surface area contributed by atoms with Gasteiger partial charge in [0.2, 0.25) is 5.91 Å². The molecule has 1 aliphatic rings. The SMILES string of the molecule is NCC1(CNC(=O)Cc2ccccc2)CCCC1. The number of carbonyl (C=O) groups excluding carboxylic acids is 1. The van der Waals surface area contributed by atoms with Gasteiger partial charge in [-0.1, -0.05) is 43.2 Å². The van der Waals surface area contributed by atoms with E-state index in [2.05, 4.69) is 5.32 Å². The maximum Gasteiger partial charge on any atom is 0.224 e. The van der Waals surface area contributed by atoms with Crippen LogP contribution in [0, 0.1) is 5.41 Å². The van der Waals surface area contributed by atoms with Crippen molar-refractivity contribution in [2.75, 3.05) is 13.1 Å². The second-order valence-corrected chi connectivity index (χ2v) is 5.35. The number of carbonyl (C=O) groups is 1. The number of amides is 1. The lowest BCUT2D eigenvalue weighted by molar-refractivity contribution is -0.120. The molecule has 0 aromatic heterocycles. The quantitative estimate of drug-likeness (QED) is 0.833. The van der Waals surface area contributed by atoms with Gasteiger partial charge in [0.1, 0.15) is 0 Å². The zero-order valence-electron chi connectivity index (χ0n) is 10.8. The predicted octanol–water partition coefficient (Wildman–Crippen LogP) is 1.86. The third-order valence-corrected chi connectivity index (χ3v) is 3.97. The van der Waals surface area contributed by atoms with Crippen molar-refractivity contribution in [3.63, 3.8) is 0 Å². The van der Waals surface area contributed by atoms with Gasteiger partial charge in [0, 0.05) is 6.54 Å². The smallest absolute Gasteiger partial charge is 0.224 e. The number of hydrogen-bond acceptors (Lipinski definition) is 2. The molecule has 0 radical (unpaired) electrons. The monoisotopic (exact) mass is 246 g/mol. The minimum absolute atomic E-state index is 0.0981. The molecule has 1 amide bonds. The van der Waals surface area contributed by atoms with Crippen molar-refractivity contribution in [2.45, 2.75) is 32.1 Å². The van der Waals surface area contributed by atoms with Crippen LogP contribution < -0.4 is 11.1 Å². The fourth-order valence-electron chi connectivity index (χ4n) is 2.71. The molecule has 3 N–H and O–H groups in total. The molecule has 1 aromatic carbocycles. The fourth-order valence-corrected chi connectivity index (χ4v) is 2.71. The Kier molecular flexibility index (Phi) is 4.37. The molecule has 0 saturated heterocycles. The van der Waals surface area contributed by atoms with Gasteiger partial charge in [-0.05, 0) is 30.4 Å². The van der Waals surface area contributed by atoms with E-state index in [9.17, 15) is 4.79 Å². The number of rotatable bonds is 5. The van der Waals surface area contributed by atoms with Crippen LogP contribution in [0.25, 0.3) is 0 Å². The van der Waals surface area contributed by atoms with E-state index in [-0.39, 0.29) is 11.3 Å². The molecule has 0 heterocycles. The summed E-state index contributed by atoms with van der Waals surface area (Å²) < 4.78 is 0. The molecule has 1 saturated carbocycles. The summed E-state index contributed by atoms with van der Waals surface area (Å²) in [6.45, 7) is 1.41. The van der Waals surface area contributed by atoms with Crippen molar-refractivity contribution in [1.29, 1.82) is 0 Å². The molecule has 3 nitrogen and oxygen atoms in total. The van der Waals surface area contributed by atoms with Gasteiger partial charge in [-0.15, -0.1) is 0 Å². The van der Waals surface area contributed by atoms with Gasteiger partial charge in [0.15, 0.2) is 0 Å². The summed E-state index contributed by atoms with van der Waals surface area (Å²) in [7, 11) is 0. The Morgan fingerprint density at radius 3 is 2.50 bits per heavy atom. The minimum Gasteiger partial charge on any atom is -0.355 e. The van der Waals surface area contributed by atoms with Gasteiger partial charge < -0.3 is 11.1 Å². The van der Waals surface area contributed by atoms with Crippen molar-refractivity contribution in [1.82, 2.24) is 5.32 Å². The van der Waals surface area contributed by atoms with Gasteiger partial charge in [-0.2, -0.15) is 0 Å². The third-order valence-electron chi connectivity index (χ3n) is 3.97. The predicted molar refractivity (Wildman–Crippen MR) is 73.1 cm³/mol. The van der Waals surface area contributed by atoms with E-state index in [0.717, 1.165) is 24.9 Å². The molecule has 0 atom stereocenters. The molecule has 3 heteroatoms. The average Bonchev–Trinajstić information content (AvgIpc) is 2.87. The number of nitrogens with one attached hydrogen (secondary N) is 1. The second kappa shape index (κ2) is 6.01. The summed E-state index contributed by atoms with van der Waals surface area (Å²) in [5.41, 5.74) is 7.07. The van der Waals surface area contributed by atoms with Crippen LogP contribution in [0.15, 0.2) is 30.3 Å². The van der Waals surface area contributed by atoms with Crippen molar-refractivity contribution in [3.8, 4) is 0 Å².